The van der Waals surface area contributed by atoms with Crippen LogP contribution in [-0.4, -0.2) is 18.5 Å². The van der Waals surface area contributed by atoms with Gasteiger partial charge < -0.3 is 15.5 Å². The molecule has 27 heavy (non-hydrogen) atoms. The number of hydrogen-bond acceptors (Lipinski definition) is 2. The highest BCUT2D eigenvalue weighted by molar-refractivity contribution is 5.98. The van der Waals surface area contributed by atoms with E-state index in [9.17, 15) is 9.59 Å². The van der Waals surface area contributed by atoms with Gasteiger partial charge >= 0.3 is 6.03 Å². The summed E-state index contributed by atoms with van der Waals surface area (Å²) in [6.07, 6.45) is 5.20. The first-order valence-electron chi connectivity index (χ1n) is 9.74. The number of hydrogen-bond donors (Lipinski definition) is 2. The van der Waals surface area contributed by atoms with Gasteiger partial charge in [0.05, 0.1) is 0 Å². The Balaban J connectivity index is 1.40. The average molecular weight is 363 g/mol. The van der Waals surface area contributed by atoms with Gasteiger partial charge in [-0.2, -0.15) is 0 Å². The number of carbonyl (C=O) groups excluding carboxylic acids is 2. The minimum absolute atomic E-state index is 0.168. The summed E-state index contributed by atoms with van der Waals surface area (Å²) in [7, 11) is 0. The highest BCUT2D eigenvalue weighted by Gasteiger charge is 2.31. The lowest BCUT2D eigenvalue weighted by atomic mass is 10.1. The lowest BCUT2D eigenvalue weighted by molar-refractivity contribution is -0.122. The van der Waals surface area contributed by atoms with Crippen LogP contribution in [0.5, 0.6) is 0 Å². The maximum absolute atomic E-state index is 12.8. The molecule has 5 heteroatoms. The van der Waals surface area contributed by atoms with Crippen molar-refractivity contribution in [2.45, 2.75) is 38.6 Å². The Bertz CT molecular complexity index is 829. The van der Waals surface area contributed by atoms with Gasteiger partial charge in [-0.25, -0.2) is 4.79 Å². The van der Waals surface area contributed by atoms with Gasteiger partial charge in [-0.1, -0.05) is 49.2 Å². The molecule has 0 saturated heterocycles. The van der Waals surface area contributed by atoms with Crippen LogP contribution < -0.4 is 15.5 Å². The molecule has 2 aromatic carbocycles. The minimum Gasteiger partial charge on any atom is -0.334 e. The molecule has 2 aliphatic rings. The summed E-state index contributed by atoms with van der Waals surface area (Å²) in [4.78, 5) is 27.0. The molecule has 140 valence electrons. The number of nitrogens with one attached hydrogen (secondary N) is 2. The molecular weight excluding hydrogens is 338 g/mol. The Labute approximate surface area is 159 Å². The number of urea groups is 1. The molecule has 4 rings (SSSR count). The molecule has 5 nitrogen and oxygen atoms in total. The van der Waals surface area contributed by atoms with Crippen molar-refractivity contribution in [3.8, 4) is 0 Å². The van der Waals surface area contributed by atoms with Crippen molar-refractivity contribution in [2.75, 3.05) is 16.8 Å². The number of amides is 3. The van der Waals surface area contributed by atoms with E-state index >= 15 is 0 Å². The Kier molecular flexibility index (Phi) is 5.10. The van der Waals surface area contributed by atoms with Crippen LogP contribution in [0.2, 0.25) is 0 Å². The fourth-order valence-corrected chi connectivity index (χ4v) is 4.03. The number of carbonyl (C=O) groups is 2. The molecule has 0 radical (unpaired) electrons. The number of rotatable bonds is 4. The van der Waals surface area contributed by atoms with Gasteiger partial charge in [0.25, 0.3) is 0 Å². The highest BCUT2D eigenvalue weighted by atomic mass is 16.2. The Morgan fingerprint density at radius 3 is 2.59 bits per heavy atom. The fourth-order valence-electron chi connectivity index (χ4n) is 4.03. The van der Waals surface area contributed by atoms with Crippen LogP contribution in [0.15, 0.2) is 48.5 Å². The van der Waals surface area contributed by atoms with Crippen LogP contribution in [-0.2, 0) is 17.8 Å². The van der Waals surface area contributed by atoms with Crippen molar-refractivity contribution in [1.29, 1.82) is 0 Å². The van der Waals surface area contributed by atoms with Crippen LogP contribution in [0.1, 0.15) is 36.8 Å². The molecule has 1 aliphatic carbocycles. The van der Waals surface area contributed by atoms with E-state index in [4.69, 9.17) is 0 Å². The monoisotopic (exact) mass is 363 g/mol. The first kappa shape index (κ1) is 17.6. The molecule has 1 heterocycles. The van der Waals surface area contributed by atoms with E-state index in [1.807, 2.05) is 53.4 Å². The van der Waals surface area contributed by atoms with Gasteiger partial charge in [0.1, 0.15) is 0 Å². The quantitative estimate of drug-likeness (QED) is 0.859. The van der Waals surface area contributed by atoms with Crippen LogP contribution in [0.25, 0.3) is 0 Å². The molecular formula is C22H25N3O2. The van der Waals surface area contributed by atoms with E-state index in [-0.39, 0.29) is 17.9 Å². The highest BCUT2D eigenvalue weighted by Crippen LogP contribution is 2.35. The standard InChI is InChI=1S/C22H25N3O2/c26-21(18-8-4-5-9-18)25-13-12-17-10-11-19(14-20(17)25)24-22(27)23-15-16-6-2-1-3-7-16/h1-3,6-7,10-11,14,18H,4-5,8-9,12-13,15H2,(H2,23,24,27). The normalized spacial score (nSPS) is 16.2. The Morgan fingerprint density at radius 1 is 1.04 bits per heavy atom. The van der Waals surface area contributed by atoms with E-state index in [2.05, 4.69) is 10.6 Å². The fraction of sp³-hybridized carbons (Fsp3) is 0.364. The average Bonchev–Trinajstić information content (AvgIpc) is 3.36. The topological polar surface area (TPSA) is 61.4 Å². The van der Waals surface area contributed by atoms with Crippen molar-refractivity contribution in [3.63, 3.8) is 0 Å². The second-order valence-electron chi connectivity index (χ2n) is 7.36. The van der Waals surface area contributed by atoms with E-state index < -0.39 is 0 Å². The first-order valence-corrected chi connectivity index (χ1v) is 9.74. The third-order valence-corrected chi connectivity index (χ3v) is 5.51. The molecule has 0 aromatic heterocycles. The Hall–Kier alpha value is -2.82. The van der Waals surface area contributed by atoms with Gasteiger partial charge in [-0.3, -0.25) is 4.79 Å². The summed E-state index contributed by atoms with van der Waals surface area (Å²) in [6.45, 7) is 1.22. The molecule has 0 bridgehead atoms. The molecule has 0 spiro atoms. The lowest BCUT2D eigenvalue weighted by Crippen LogP contribution is -2.34. The lowest BCUT2D eigenvalue weighted by Gasteiger charge is -2.21. The number of benzene rings is 2. The number of fused-ring (bicyclic) bond motifs is 1. The zero-order valence-electron chi connectivity index (χ0n) is 15.4. The van der Waals surface area contributed by atoms with Crippen molar-refractivity contribution < 1.29 is 9.59 Å². The van der Waals surface area contributed by atoms with Crippen LogP contribution >= 0.6 is 0 Å². The summed E-state index contributed by atoms with van der Waals surface area (Å²) in [5, 5.41) is 5.75. The van der Waals surface area contributed by atoms with Crippen LogP contribution in [0, 0.1) is 5.92 Å². The number of nitrogens with zero attached hydrogens (tertiary/aromatic N) is 1. The second kappa shape index (κ2) is 7.82. The molecule has 1 fully saturated rings. The van der Waals surface area contributed by atoms with E-state index in [0.29, 0.717) is 12.2 Å². The molecule has 1 saturated carbocycles. The van der Waals surface area contributed by atoms with Crippen molar-refractivity contribution in [3.05, 3.63) is 59.7 Å². The van der Waals surface area contributed by atoms with Crippen LogP contribution in [0.3, 0.4) is 0 Å². The summed E-state index contributed by atoms with van der Waals surface area (Å²) in [5.41, 5.74) is 3.89. The first-order chi connectivity index (χ1) is 13.2. The smallest absolute Gasteiger partial charge is 0.319 e. The second-order valence-corrected chi connectivity index (χ2v) is 7.36. The maximum Gasteiger partial charge on any atom is 0.319 e. The summed E-state index contributed by atoms with van der Waals surface area (Å²) < 4.78 is 0. The maximum atomic E-state index is 12.8. The largest absolute Gasteiger partial charge is 0.334 e. The van der Waals surface area contributed by atoms with Crippen LogP contribution in [0.4, 0.5) is 16.2 Å². The zero-order valence-corrected chi connectivity index (χ0v) is 15.4. The van der Waals surface area contributed by atoms with Gasteiger partial charge in [0.2, 0.25) is 5.91 Å². The zero-order chi connectivity index (χ0) is 18.6. The molecule has 1 aliphatic heterocycles. The molecule has 0 unspecified atom stereocenters. The summed E-state index contributed by atoms with van der Waals surface area (Å²) >= 11 is 0. The molecule has 3 amide bonds. The van der Waals surface area contributed by atoms with Crippen molar-refractivity contribution in [1.82, 2.24) is 5.32 Å². The predicted molar refractivity (Wildman–Crippen MR) is 107 cm³/mol. The molecule has 2 aromatic rings. The third kappa shape index (κ3) is 3.97. The number of anilines is 2. The minimum atomic E-state index is -0.245. The van der Waals surface area contributed by atoms with Gasteiger partial charge in [-0.05, 0) is 42.5 Å². The van der Waals surface area contributed by atoms with Crippen molar-refractivity contribution >= 4 is 23.3 Å². The van der Waals surface area contributed by atoms with E-state index in [1.54, 1.807) is 0 Å². The van der Waals surface area contributed by atoms with Gasteiger partial charge in [0, 0.05) is 30.4 Å². The van der Waals surface area contributed by atoms with Crippen molar-refractivity contribution in [2.24, 2.45) is 5.92 Å². The van der Waals surface area contributed by atoms with E-state index in [1.165, 1.54) is 5.56 Å². The summed E-state index contributed by atoms with van der Waals surface area (Å²) in [6, 6.07) is 15.4. The molecule has 0 atom stereocenters. The SMILES string of the molecule is O=C(NCc1ccccc1)Nc1ccc2c(c1)N(C(=O)C1CCCC1)CC2. The Morgan fingerprint density at radius 2 is 1.81 bits per heavy atom. The van der Waals surface area contributed by atoms with Gasteiger partial charge in [-0.15, -0.1) is 0 Å². The summed E-state index contributed by atoms with van der Waals surface area (Å²) in [5.74, 6) is 0.415. The van der Waals surface area contributed by atoms with Gasteiger partial charge in [0.15, 0.2) is 0 Å². The van der Waals surface area contributed by atoms with E-state index in [0.717, 1.165) is 49.9 Å². The molecule has 2 N–H and O–H groups in total. The predicted octanol–water partition coefficient (Wildman–Crippen LogP) is 4.09. The third-order valence-electron chi connectivity index (χ3n) is 5.51.